The molecule has 0 bridgehead atoms. The number of hydrogen-bond acceptors (Lipinski definition) is 5. The fraction of sp³-hybridized carbons (Fsp3) is 0.833. The fourth-order valence-electron chi connectivity index (χ4n) is 1.90. The van der Waals surface area contributed by atoms with Crippen LogP contribution < -0.4 is 5.73 Å². The van der Waals surface area contributed by atoms with E-state index in [1.165, 1.54) is 7.11 Å². The molecule has 6 heteroatoms. The van der Waals surface area contributed by atoms with Crippen molar-refractivity contribution in [3.05, 3.63) is 0 Å². The summed E-state index contributed by atoms with van der Waals surface area (Å²) in [7, 11) is 1.38. The molecule has 6 nitrogen and oxygen atoms in total. The lowest BCUT2D eigenvalue weighted by molar-refractivity contribution is -0.142. The van der Waals surface area contributed by atoms with E-state index in [2.05, 4.69) is 4.74 Å². The number of esters is 1. The maximum Gasteiger partial charge on any atom is 0.319 e. The van der Waals surface area contributed by atoms with E-state index in [0.717, 1.165) is 6.42 Å². The molecule has 0 aliphatic carbocycles. The molecule has 1 rings (SSSR count). The van der Waals surface area contributed by atoms with Gasteiger partial charge in [0.15, 0.2) is 0 Å². The maximum atomic E-state index is 11.9. The minimum Gasteiger partial charge on any atom is -0.468 e. The molecule has 1 saturated heterocycles. The lowest BCUT2D eigenvalue weighted by atomic mass is 10.1. The van der Waals surface area contributed by atoms with Crippen LogP contribution in [0.15, 0.2) is 0 Å². The van der Waals surface area contributed by atoms with Gasteiger partial charge in [0, 0.05) is 38.6 Å². The molecule has 1 amide bonds. The summed E-state index contributed by atoms with van der Waals surface area (Å²) in [6.45, 7) is 5.02. The Hall–Kier alpha value is -1.14. The molecular weight excluding hydrogens is 234 g/mol. The van der Waals surface area contributed by atoms with Crippen molar-refractivity contribution >= 4 is 11.9 Å². The predicted molar refractivity (Wildman–Crippen MR) is 67.9 cm³/mol. The minimum atomic E-state index is -0.234. The molecule has 1 atom stereocenters. The molecule has 0 aromatic carbocycles. The Kier molecular flexibility index (Phi) is 6.07. The van der Waals surface area contributed by atoms with E-state index in [1.54, 1.807) is 0 Å². The lowest BCUT2D eigenvalue weighted by Gasteiger charge is -2.34. The Morgan fingerprint density at radius 3 is 2.39 bits per heavy atom. The predicted octanol–water partition coefficient (Wildman–Crippen LogP) is -0.569. The third kappa shape index (κ3) is 4.62. The van der Waals surface area contributed by atoms with Gasteiger partial charge in [-0.3, -0.25) is 14.5 Å². The number of nitrogens with zero attached hydrogens (tertiary/aromatic N) is 2. The van der Waals surface area contributed by atoms with Gasteiger partial charge in [-0.1, -0.05) is 6.92 Å². The van der Waals surface area contributed by atoms with Crippen LogP contribution in [0.25, 0.3) is 0 Å². The van der Waals surface area contributed by atoms with Crippen LogP contribution in [0.1, 0.15) is 19.8 Å². The average molecular weight is 257 g/mol. The van der Waals surface area contributed by atoms with E-state index in [4.69, 9.17) is 5.73 Å². The Morgan fingerprint density at radius 2 is 1.89 bits per heavy atom. The van der Waals surface area contributed by atoms with E-state index in [9.17, 15) is 9.59 Å². The van der Waals surface area contributed by atoms with Gasteiger partial charge in [-0.15, -0.1) is 0 Å². The molecule has 1 fully saturated rings. The first-order chi connectivity index (χ1) is 8.56. The van der Waals surface area contributed by atoms with Gasteiger partial charge in [-0.05, 0) is 6.42 Å². The van der Waals surface area contributed by atoms with E-state index in [0.29, 0.717) is 39.1 Å². The van der Waals surface area contributed by atoms with Gasteiger partial charge >= 0.3 is 5.97 Å². The van der Waals surface area contributed by atoms with Crippen LogP contribution in [0.3, 0.4) is 0 Å². The third-order valence-electron chi connectivity index (χ3n) is 3.27. The molecule has 1 heterocycles. The summed E-state index contributed by atoms with van der Waals surface area (Å²) >= 11 is 0. The molecule has 104 valence electrons. The second kappa shape index (κ2) is 7.33. The molecule has 0 spiro atoms. The van der Waals surface area contributed by atoms with E-state index >= 15 is 0 Å². The van der Waals surface area contributed by atoms with Gasteiger partial charge < -0.3 is 15.4 Å². The number of rotatable bonds is 5. The average Bonchev–Trinajstić information content (AvgIpc) is 2.39. The van der Waals surface area contributed by atoms with Crippen molar-refractivity contribution in [2.45, 2.75) is 25.8 Å². The van der Waals surface area contributed by atoms with Crippen molar-refractivity contribution in [2.75, 3.05) is 39.8 Å². The zero-order valence-electron chi connectivity index (χ0n) is 11.2. The quantitative estimate of drug-likeness (QED) is 0.668. The normalized spacial score (nSPS) is 18.5. The van der Waals surface area contributed by atoms with Crippen molar-refractivity contribution in [2.24, 2.45) is 5.73 Å². The molecule has 0 saturated carbocycles. The van der Waals surface area contributed by atoms with Crippen molar-refractivity contribution in [1.29, 1.82) is 0 Å². The summed E-state index contributed by atoms with van der Waals surface area (Å²) in [6, 6.07) is -0.0504. The summed E-state index contributed by atoms with van der Waals surface area (Å²) in [5.74, 6) is -0.121. The number of hydrogen-bond donors (Lipinski definition) is 1. The first-order valence-electron chi connectivity index (χ1n) is 6.39. The van der Waals surface area contributed by atoms with Gasteiger partial charge in [0.1, 0.15) is 0 Å². The molecule has 0 aromatic heterocycles. The van der Waals surface area contributed by atoms with Crippen LogP contribution >= 0.6 is 0 Å². The molecule has 0 aromatic rings. The highest BCUT2D eigenvalue weighted by atomic mass is 16.5. The first kappa shape index (κ1) is 14.9. The van der Waals surface area contributed by atoms with Gasteiger partial charge in [0.25, 0.3) is 0 Å². The maximum absolute atomic E-state index is 11.9. The number of carbonyl (C=O) groups excluding carboxylic acids is 2. The van der Waals surface area contributed by atoms with Crippen LogP contribution in [0.2, 0.25) is 0 Å². The summed E-state index contributed by atoms with van der Waals surface area (Å²) in [5, 5.41) is 0. The molecular formula is C12H23N3O3. The van der Waals surface area contributed by atoms with E-state index in [1.807, 2.05) is 16.7 Å². The first-order valence-corrected chi connectivity index (χ1v) is 6.39. The van der Waals surface area contributed by atoms with Crippen molar-refractivity contribution < 1.29 is 14.3 Å². The van der Waals surface area contributed by atoms with Crippen molar-refractivity contribution in [3.63, 3.8) is 0 Å². The van der Waals surface area contributed by atoms with Crippen LogP contribution in [0, 0.1) is 0 Å². The van der Waals surface area contributed by atoms with Crippen LogP contribution in [0.4, 0.5) is 0 Å². The second-order valence-corrected chi connectivity index (χ2v) is 4.61. The monoisotopic (exact) mass is 257 g/mol. The fourth-order valence-corrected chi connectivity index (χ4v) is 1.90. The van der Waals surface area contributed by atoms with Crippen molar-refractivity contribution in [3.8, 4) is 0 Å². The van der Waals surface area contributed by atoms with Gasteiger partial charge in [0.05, 0.1) is 13.7 Å². The summed E-state index contributed by atoms with van der Waals surface area (Å²) in [6.07, 6.45) is 1.22. The van der Waals surface area contributed by atoms with Gasteiger partial charge in [0.2, 0.25) is 5.91 Å². The standard InChI is InChI=1S/C12H23N3O3/c1-3-10(13)8-11(16)15-6-4-14(5-7-15)9-12(17)18-2/h10H,3-9,13H2,1-2H3. The zero-order valence-corrected chi connectivity index (χ0v) is 11.2. The molecule has 1 aliphatic rings. The largest absolute Gasteiger partial charge is 0.468 e. The Bertz CT molecular complexity index is 288. The van der Waals surface area contributed by atoms with Crippen LogP contribution in [-0.4, -0.2) is 67.6 Å². The molecule has 18 heavy (non-hydrogen) atoms. The van der Waals surface area contributed by atoms with Crippen LogP contribution in [0.5, 0.6) is 0 Å². The SMILES string of the molecule is CCC(N)CC(=O)N1CCN(CC(=O)OC)CC1. The number of methoxy groups -OCH3 is 1. The zero-order chi connectivity index (χ0) is 13.5. The summed E-state index contributed by atoms with van der Waals surface area (Å²) < 4.78 is 4.62. The number of carbonyl (C=O) groups is 2. The number of nitrogens with two attached hydrogens (primary N) is 1. The minimum absolute atomic E-state index is 0.0504. The highest BCUT2D eigenvalue weighted by Crippen LogP contribution is 2.06. The third-order valence-corrected chi connectivity index (χ3v) is 3.27. The van der Waals surface area contributed by atoms with Gasteiger partial charge in [-0.25, -0.2) is 0 Å². The van der Waals surface area contributed by atoms with Crippen molar-refractivity contribution in [1.82, 2.24) is 9.80 Å². The van der Waals surface area contributed by atoms with Crippen LogP contribution in [-0.2, 0) is 14.3 Å². The topological polar surface area (TPSA) is 75.9 Å². The highest BCUT2D eigenvalue weighted by molar-refractivity contribution is 5.77. The van der Waals surface area contributed by atoms with E-state index in [-0.39, 0.29) is 17.9 Å². The summed E-state index contributed by atoms with van der Waals surface area (Å²) in [5.41, 5.74) is 5.77. The highest BCUT2D eigenvalue weighted by Gasteiger charge is 2.23. The molecule has 1 aliphatic heterocycles. The Labute approximate surface area is 108 Å². The number of piperazine rings is 1. The lowest BCUT2D eigenvalue weighted by Crippen LogP contribution is -2.50. The summed E-state index contributed by atoms with van der Waals surface area (Å²) in [4.78, 5) is 26.8. The smallest absolute Gasteiger partial charge is 0.319 e. The molecule has 0 radical (unpaired) electrons. The Morgan fingerprint density at radius 1 is 1.28 bits per heavy atom. The number of ether oxygens (including phenoxy) is 1. The molecule has 2 N–H and O–H groups in total. The van der Waals surface area contributed by atoms with Gasteiger partial charge in [-0.2, -0.15) is 0 Å². The Balaban J connectivity index is 2.30. The van der Waals surface area contributed by atoms with E-state index < -0.39 is 0 Å². The second-order valence-electron chi connectivity index (χ2n) is 4.61. The number of amides is 1. The molecule has 1 unspecified atom stereocenters.